The first kappa shape index (κ1) is 15.7. The van der Waals surface area contributed by atoms with E-state index in [-0.39, 0.29) is 5.91 Å². The molecule has 21 heavy (non-hydrogen) atoms. The lowest BCUT2D eigenvalue weighted by Crippen LogP contribution is -2.27. The van der Waals surface area contributed by atoms with E-state index in [0.717, 1.165) is 38.9 Å². The van der Waals surface area contributed by atoms with Crippen molar-refractivity contribution in [2.75, 3.05) is 13.1 Å². The van der Waals surface area contributed by atoms with Crippen molar-refractivity contribution in [3.63, 3.8) is 0 Å². The number of hydrogen-bond donors (Lipinski definition) is 2. The molecular weight excluding hydrogens is 262 g/mol. The van der Waals surface area contributed by atoms with Crippen LogP contribution in [0, 0.1) is 0 Å². The Morgan fingerprint density at radius 1 is 1.29 bits per heavy atom. The fourth-order valence-electron chi connectivity index (χ4n) is 2.51. The minimum atomic E-state index is 0.162. The van der Waals surface area contributed by atoms with E-state index in [2.05, 4.69) is 27.8 Å². The van der Waals surface area contributed by atoms with Crippen LogP contribution in [0.2, 0.25) is 0 Å². The van der Waals surface area contributed by atoms with Gasteiger partial charge in [0.1, 0.15) is 0 Å². The molecule has 1 aromatic rings. The molecule has 2 N–H and O–H groups in total. The molecule has 1 aliphatic carbocycles. The van der Waals surface area contributed by atoms with Crippen molar-refractivity contribution in [3.8, 4) is 0 Å². The normalized spacial score (nSPS) is 14.6. The summed E-state index contributed by atoms with van der Waals surface area (Å²) in [5.74, 6) is 0.162. The van der Waals surface area contributed by atoms with Crippen molar-refractivity contribution in [2.24, 2.45) is 0 Å². The third-order valence-electron chi connectivity index (χ3n) is 3.68. The number of nitrogens with one attached hydrogen (secondary N) is 2. The predicted octanol–water partition coefficient (Wildman–Crippen LogP) is 2.57. The molecule has 0 saturated carbocycles. The van der Waals surface area contributed by atoms with Crippen molar-refractivity contribution in [3.05, 3.63) is 41.7 Å². The van der Waals surface area contributed by atoms with E-state index >= 15 is 0 Å². The van der Waals surface area contributed by atoms with Gasteiger partial charge in [0.2, 0.25) is 5.91 Å². The van der Waals surface area contributed by atoms with E-state index in [0.29, 0.717) is 6.42 Å². The van der Waals surface area contributed by atoms with Crippen LogP contribution in [0.15, 0.2) is 36.2 Å². The highest BCUT2D eigenvalue weighted by atomic mass is 16.1. The number of aromatic nitrogens is 1. The van der Waals surface area contributed by atoms with Crippen LogP contribution in [-0.4, -0.2) is 24.0 Å². The zero-order valence-electron chi connectivity index (χ0n) is 12.6. The molecule has 0 atom stereocenters. The van der Waals surface area contributed by atoms with Gasteiger partial charge in [0.05, 0.1) is 0 Å². The molecule has 0 aliphatic heterocycles. The standard InChI is InChI=1S/C17H25N3O/c21-17(12-15-6-2-1-3-7-15)20-11-5-10-19-14-16-8-4-9-18-13-16/h4,6,8-9,13,19H,1-3,5,7,10-12,14H2,(H,20,21). The summed E-state index contributed by atoms with van der Waals surface area (Å²) in [5.41, 5.74) is 2.50. The minimum Gasteiger partial charge on any atom is -0.356 e. The first-order valence-electron chi connectivity index (χ1n) is 7.89. The Balaban J connectivity index is 1.49. The maximum absolute atomic E-state index is 11.8. The lowest BCUT2D eigenvalue weighted by Gasteiger charge is -2.12. The van der Waals surface area contributed by atoms with Crippen molar-refractivity contribution in [1.29, 1.82) is 0 Å². The van der Waals surface area contributed by atoms with Gasteiger partial charge in [-0.3, -0.25) is 9.78 Å². The van der Waals surface area contributed by atoms with Crippen LogP contribution in [0.4, 0.5) is 0 Å². The number of rotatable bonds is 8. The lowest BCUT2D eigenvalue weighted by atomic mass is 9.97. The maximum atomic E-state index is 11.8. The fourth-order valence-corrected chi connectivity index (χ4v) is 2.51. The Hall–Kier alpha value is -1.68. The molecule has 0 bridgehead atoms. The highest BCUT2D eigenvalue weighted by Crippen LogP contribution is 2.19. The van der Waals surface area contributed by atoms with Gasteiger partial charge in [-0.1, -0.05) is 17.7 Å². The molecule has 4 heteroatoms. The Morgan fingerprint density at radius 3 is 3.00 bits per heavy atom. The topological polar surface area (TPSA) is 54.0 Å². The van der Waals surface area contributed by atoms with Gasteiger partial charge in [-0.25, -0.2) is 0 Å². The predicted molar refractivity (Wildman–Crippen MR) is 84.7 cm³/mol. The summed E-state index contributed by atoms with van der Waals surface area (Å²) in [6, 6.07) is 4.00. The van der Waals surface area contributed by atoms with Gasteiger partial charge in [0.25, 0.3) is 0 Å². The summed E-state index contributed by atoms with van der Waals surface area (Å²) in [6.45, 7) is 2.47. The molecular formula is C17H25N3O. The first-order chi connectivity index (χ1) is 10.3. The molecule has 0 spiro atoms. The van der Waals surface area contributed by atoms with E-state index in [1.807, 2.05) is 12.3 Å². The average molecular weight is 287 g/mol. The molecule has 0 fully saturated rings. The minimum absolute atomic E-state index is 0.162. The van der Waals surface area contributed by atoms with Crippen molar-refractivity contribution in [2.45, 2.75) is 45.1 Å². The molecule has 0 radical (unpaired) electrons. The van der Waals surface area contributed by atoms with Crippen LogP contribution in [0.1, 0.15) is 44.1 Å². The van der Waals surface area contributed by atoms with Crippen LogP contribution in [0.25, 0.3) is 0 Å². The molecule has 0 aromatic carbocycles. The van der Waals surface area contributed by atoms with E-state index in [9.17, 15) is 4.79 Å². The number of hydrogen-bond acceptors (Lipinski definition) is 3. The average Bonchev–Trinajstić information content (AvgIpc) is 2.53. The van der Waals surface area contributed by atoms with Crippen LogP contribution in [0.5, 0.6) is 0 Å². The second-order valence-electron chi connectivity index (χ2n) is 5.53. The summed E-state index contributed by atoms with van der Waals surface area (Å²) >= 11 is 0. The van der Waals surface area contributed by atoms with Crippen LogP contribution in [0.3, 0.4) is 0 Å². The van der Waals surface area contributed by atoms with Gasteiger partial charge in [-0.05, 0) is 50.3 Å². The number of pyridine rings is 1. The zero-order chi connectivity index (χ0) is 14.8. The highest BCUT2D eigenvalue weighted by Gasteiger charge is 2.08. The number of nitrogens with zero attached hydrogens (tertiary/aromatic N) is 1. The molecule has 114 valence electrons. The Morgan fingerprint density at radius 2 is 2.24 bits per heavy atom. The number of allylic oxidation sites excluding steroid dienone is 1. The molecule has 1 aliphatic rings. The van der Waals surface area contributed by atoms with Gasteiger partial charge >= 0.3 is 0 Å². The maximum Gasteiger partial charge on any atom is 0.224 e. The SMILES string of the molecule is O=C(CC1=CCCCC1)NCCCNCc1cccnc1. The summed E-state index contributed by atoms with van der Waals surface area (Å²) in [4.78, 5) is 15.9. The molecule has 0 unspecified atom stereocenters. The summed E-state index contributed by atoms with van der Waals surface area (Å²) in [6.07, 6.45) is 12.2. The van der Waals surface area contributed by atoms with E-state index in [4.69, 9.17) is 0 Å². The van der Waals surface area contributed by atoms with Crippen LogP contribution in [-0.2, 0) is 11.3 Å². The highest BCUT2D eigenvalue weighted by molar-refractivity contribution is 5.78. The van der Waals surface area contributed by atoms with Crippen molar-refractivity contribution >= 4 is 5.91 Å². The smallest absolute Gasteiger partial charge is 0.224 e. The summed E-state index contributed by atoms with van der Waals surface area (Å²) in [7, 11) is 0. The second kappa shape index (κ2) is 9.29. The lowest BCUT2D eigenvalue weighted by molar-refractivity contribution is -0.120. The number of carbonyl (C=O) groups is 1. The third kappa shape index (κ3) is 6.54. The Labute approximate surface area is 127 Å². The van der Waals surface area contributed by atoms with Crippen molar-refractivity contribution < 1.29 is 4.79 Å². The largest absolute Gasteiger partial charge is 0.356 e. The van der Waals surface area contributed by atoms with Gasteiger partial charge < -0.3 is 10.6 Å². The molecule has 4 nitrogen and oxygen atoms in total. The molecule has 0 saturated heterocycles. The second-order valence-corrected chi connectivity index (χ2v) is 5.53. The monoisotopic (exact) mass is 287 g/mol. The van der Waals surface area contributed by atoms with Gasteiger partial charge in [0, 0.05) is 31.9 Å². The molecule has 1 amide bonds. The van der Waals surface area contributed by atoms with Crippen molar-refractivity contribution in [1.82, 2.24) is 15.6 Å². The zero-order valence-corrected chi connectivity index (χ0v) is 12.6. The third-order valence-corrected chi connectivity index (χ3v) is 3.68. The van der Waals surface area contributed by atoms with Gasteiger partial charge in [-0.2, -0.15) is 0 Å². The van der Waals surface area contributed by atoms with E-state index in [1.54, 1.807) is 6.20 Å². The van der Waals surface area contributed by atoms with Crippen LogP contribution >= 0.6 is 0 Å². The van der Waals surface area contributed by atoms with E-state index < -0.39 is 0 Å². The van der Waals surface area contributed by atoms with Gasteiger partial charge in [0.15, 0.2) is 0 Å². The molecule has 1 heterocycles. The quantitative estimate of drug-likeness (QED) is 0.571. The Bertz CT molecular complexity index is 456. The van der Waals surface area contributed by atoms with Crippen LogP contribution < -0.4 is 10.6 Å². The van der Waals surface area contributed by atoms with Gasteiger partial charge in [-0.15, -0.1) is 0 Å². The summed E-state index contributed by atoms with van der Waals surface area (Å²) < 4.78 is 0. The molecule has 2 rings (SSSR count). The summed E-state index contributed by atoms with van der Waals surface area (Å²) in [5, 5.41) is 6.35. The molecule has 1 aromatic heterocycles. The van der Waals surface area contributed by atoms with E-state index in [1.165, 1.54) is 24.0 Å². The number of amides is 1. The first-order valence-corrected chi connectivity index (χ1v) is 7.89. The fraction of sp³-hybridized carbons (Fsp3) is 0.529. The number of carbonyl (C=O) groups excluding carboxylic acids is 1. The Kier molecular flexibility index (Phi) is 6.95.